The molecule has 0 spiro atoms. The van der Waals surface area contributed by atoms with Crippen molar-refractivity contribution in [1.29, 1.82) is 0 Å². The van der Waals surface area contributed by atoms with Crippen molar-refractivity contribution in [2.75, 3.05) is 24.3 Å². The van der Waals surface area contributed by atoms with Crippen LogP contribution in [0, 0.1) is 0 Å². The molecule has 0 aliphatic heterocycles. The molecule has 1 aromatic heterocycles. The van der Waals surface area contributed by atoms with E-state index in [4.69, 9.17) is 0 Å². The molecule has 5 heteroatoms. The highest BCUT2D eigenvalue weighted by molar-refractivity contribution is 6.07. The lowest BCUT2D eigenvalue weighted by atomic mass is 10.2. The second-order valence-electron chi connectivity index (χ2n) is 4.27. The Bertz CT molecular complexity index is 579. The van der Waals surface area contributed by atoms with Crippen LogP contribution in [0.25, 0.3) is 0 Å². The second kappa shape index (κ2) is 5.39. The van der Waals surface area contributed by atoms with Gasteiger partial charge in [0.05, 0.1) is 5.56 Å². The van der Waals surface area contributed by atoms with E-state index in [2.05, 4.69) is 10.3 Å². The molecule has 0 radical (unpaired) electrons. The molecule has 2 rings (SSSR count). The van der Waals surface area contributed by atoms with Gasteiger partial charge in [-0.15, -0.1) is 0 Å². The van der Waals surface area contributed by atoms with E-state index in [1.54, 1.807) is 35.4 Å². The molecule has 0 aliphatic carbocycles. The number of aromatic nitrogens is 1. The topological polar surface area (TPSA) is 65.5 Å². The van der Waals surface area contributed by atoms with Crippen LogP contribution in [0.15, 0.2) is 42.6 Å². The summed E-state index contributed by atoms with van der Waals surface area (Å²) in [7, 11) is 3.67. The number of phenolic OH excluding ortho intramolecular Hbond substituents is 1. The minimum absolute atomic E-state index is 0.161. The SMILES string of the molecule is CN(C)c1ncccc1C(=O)Nc1ccc(O)cc1. The van der Waals surface area contributed by atoms with Crippen molar-refractivity contribution in [3.8, 4) is 5.75 Å². The molecule has 98 valence electrons. The number of hydrogen-bond acceptors (Lipinski definition) is 4. The van der Waals surface area contributed by atoms with Gasteiger partial charge in [-0.25, -0.2) is 4.98 Å². The maximum atomic E-state index is 12.2. The summed E-state index contributed by atoms with van der Waals surface area (Å²) in [4.78, 5) is 18.1. The number of anilines is 2. The Balaban J connectivity index is 2.23. The number of phenols is 1. The van der Waals surface area contributed by atoms with Gasteiger partial charge in [0, 0.05) is 26.0 Å². The molecular weight excluding hydrogens is 242 g/mol. The molecule has 0 bridgehead atoms. The third kappa shape index (κ3) is 3.01. The summed E-state index contributed by atoms with van der Waals surface area (Å²) in [6, 6.07) is 9.76. The van der Waals surface area contributed by atoms with E-state index in [0.717, 1.165) is 0 Å². The predicted octanol–water partition coefficient (Wildman–Crippen LogP) is 2.11. The molecule has 0 unspecified atom stereocenters. The first kappa shape index (κ1) is 12.9. The van der Waals surface area contributed by atoms with Crippen LogP contribution in [0.3, 0.4) is 0 Å². The van der Waals surface area contributed by atoms with Crippen LogP contribution in [0.5, 0.6) is 5.75 Å². The minimum Gasteiger partial charge on any atom is -0.508 e. The Hall–Kier alpha value is -2.56. The van der Waals surface area contributed by atoms with Crippen LogP contribution in [0.4, 0.5) is 11.5 Å². The summed E-state index contributed by atoms with van der Waals surface area (Å²) in [5.41, 5.74) is 1.12. The van der Waals surface area contributed by atoms with Crippen molar-refractivity contribution >= 4 is 17.4 Å². The number of nitrogens with one attached hydrogen (secondary N) is 1. The zero-order chi connectivity index (χ0) is 13.8. The number of amides is 1. The number of benzene rings is 1. The number of carbonyl (C=O) groups excluding carboxylic acids is 1. The Morgan fingerprint density at radius 2 is 1.89 bits per heavy atom. The zero-order valence-electron chi connectivity index (χ0n) is 10.8. The van der Waals surface area contributed by atoms with Crippen LogP contribution >= 0.6 is 0 Å². The van der Waals surface area contributed by atoms with E-state index in [-0.39, 0.29) is 11.7 Å². The van der Waals surface area contributed by atoms with Crippen molar-refractivity contribution in [3.63, 3.8) is 0 Å². The van der Waals surface area contributed by atoms with Gasteiger partial charge in [-0.3, -0.25) is 4.79 Å². The van der Waals surface area contributed by atoms with Crippen molar-refractivity contribution in [2.24, 2.45) is 0 Å². The van der Waals surface area contributed by atoms with Gasteiger partial charge in [0.25, 0.3) is 5.91 Å². The molecule has 0 atom stereocenters. The molecule has 1 amide bonds. The Labute approximate surface area is 111 Å². The quantitative estimate of drug-likeness (QED) is 0.826. The smallest absolute Gasteiger partial charge is 0.259 e. The van der Waals surface area contributed by atoms with Gasteiger partial charge in [-0.1, -0.05) is 0 Å². The van der Waals surface area contributed by atoms with Crippen molar-refractivity contribution < 1.29 is 9.90 Å². The standard InChI is InChI=1S/C14H15N3O2/c1-17(2)13-12(4-3-9-15-13)14(19)16-10-5-7-11(18)8-6-10/h3-9,18H,1-2H3,(H,16,19). The predicted molar refractivity (Wildman–Crippen MR) is 74.6 cm³/mol. The third-order valence-corrected chi connectivity index (χ3v) is 2.58. The monoisotopic (exact) mass is 257 g/mol. The van der Waals surface area contributed by atoms with Crippen LogP contribution in [0.2, 0.25) is 0 Å². The highest BCUT2D eigenvalue weighted by Gasteiger charge is 2.13. The second-order valence-corrected chi connectivity index (χ2v) is 4.27. The molecular formula is C14H15N3O2. The van der Waals surface area contributed by atoms with Crippen LogP contribution < -0.4 is 10.2 Å². The zero-order valence-corrected chi connectivity index (χ0v) is 10.8. The van der Waals surface area contributed by atoms with E-state index >= 15 is 0 Å². The molecule has 0 saturated carbocycles. The first-order chi connectivity index (χ1) is 9.08. The van der Waals surface area contributed by atoms with Gasteiger partial charge >= 0.3 is 0 Å². The molecule has 0 fully saturated rings. The van der Waals surface area contributed by atoms with Gasteiger partial charge in [-0.2, -0.15) is 0 Å². The number of carbonyl (C=O) groups is 1. The van der Waals surface area contributed by atoms with E-state index < -0.39 is 0 Å². The molecule has 19 heavy (non-hydrogen) atoms. The molecule has 0 saturated heterocycles. The Kier molecular flexibility index (Phi) is 3.66. The van der Waals surface area contributed by atoms with Crippen molar-refractivity contribution in [1.82, 2.24) is 4.98 Å². The fourth-order valence-corrected chi connectivity index (χ4v) is 1.67. The lowest BCUT2D eigenvalue weighted by molar-refractivity contribution is 0.102. The summed E-state index contributed by atoms with van der Waals surface area (Å²) in [5, 5.41) is 12.0. The summed E-state index contributed by atoms with van der Waals surface area (Å²) >= 11 is 0. The van der Waals surface area contributed by atoms with Gasteiger partial charge in [0.1, 0.15) is 11.6 Å². The van der Waals surface area contributed by atoms with Gasteiger partial charge in [0.15, 0.2) is 0 Å². The highest BCUT2D eigenvalue weighted by atomic mass is 16.3. The summed E-state index contributed by atoms with van der Waals surface area (Å²) in [6.07, 6.45) is 1.65. The maximum Gasteiger partial charge on any atom is 0.259 e. The van der Waals surface area contributed by atoms with Gasteiger partial charge in [-0.05, 0) is 36.4 Å². The average molecular weight is 257 g/mol. The number of rotatable bonds is 3. The van der Waals surface area contributed by atoms with Gasteiger partial charge < -0.3 is 15.3 Å². The maximum absolute atomic E-state index is 12.2. The molecule has 1 aromatic carbocycles. The number of hydrogen-bond donors (Lipinski definition) is 2. The normalized spacial score (nSPS) is 10.0. The molecule has 0 aliphatic rings. The number of pyridine rings is 1. The molecule has 5 nitrogen and oxygen atoms in total. The highest BCUT2D eigenvalue weighted by Crippen LogP contribution is 2.18. The third-order valence-electron chi connectivity index (χ3n) is 2.58. The first-order valence-corrected chi connectivity index (χ1v) is 5.80. The lowest BCUT2D eigenvalue weighted by Gasteiger charge is -2.15. The van der Waals surface area contributed by atoms with Crippen LogP contribution in [-0.2, 0) is 0 Å². The van der Waals surface area contributed by atoms with Crippen LogP contribution in [0.1, 0.15) is 10.4 Å². The molecule has 2 N–H and O–H groups in total. The lowest BCUT2D eigenvalue weighted by Crippen LogP contribution is -2.19. The van der Waals surface area contributed by atoms with Crippen molar-refractivity contribution in [3.05, 3.63) is 48.2 Å². The minimum atomic E-state index is -0.234. The summed E-state index contributed by atoms with van der Waals surface area (Å²) < 4.78 is 0. The average Bonchev–Trinajstić information content (AvgIpc) is 2.41. The Morgan fingerprint density at radius 1 is 1.21 bits per heavy atom. The first-order valence-electron chi connectivity index (χ1n) is 5.80. The van der Waals surface area contributed by atoms with E-state index in [1.807, 2.05) is 14.1 Å². The fraction of sp³-hybridized carbons (Fsp3) is 0.143. The molecule has 1 heterocycles. The summed E-state index contributed by atoms with van der Waals surface area (Å²) in [5.74, 6) is 0.537. The fourth-order valence-electron chi connectivity index (χ4n) is 1.67. The number of nitrogens with zero attached hydrogens (tertiary/aromatic N) is 2. The van der Waals surface area contributed by atoms with E-state index in [0.29, 0.717) is 17.1 Å². The van der Waals surface area contributed by atoms with E-state index in [9.17, 15) is 9.90 Å². The summed E-state index contributed by atoms with van der Waals surface area (Å²) in [6.45, 7) is 0. The van der Waals surface area contributed by atoms with Crippen LogP contribution in [-0.4, -0.2) is 30.1 Å². The molecule has 2 aromatic rings. The van der Waals surface area contributed by atoms with Crippen molar-refractivity contribution in [2.45, 2.75) is 0 Å². The van der Waals surface area contributed by atoms with Gasteiger partial charge in [0.2, 0.25) is 0 Å². The number of aromatic hydroxyl groups is 1. The Morgan fingerprint density at radius 3 is 2.53 bits per heavy atom. The largest absolute Gasteiger partial charge is 0.508 e. The van der Waals surface area contributed by atoms with E-state index in [1.165, 1.54) is 12.1 Å².